The van der Waals surface area contributed by atoms with Crippen LogP contribution >= 0.6 is 0 Å². The normalized spacial score (nSPS) is 11.8. The van der Waals surface area contributed by atoms with Crippen LogP contribution in [0.1, 0.15) is 40.5 Å². The first-order chi connectivity index (χ1) is 10.4. The van der Waals surface area contributed by atoms with Crippen molar-refractivity contribution in [2.24, 2.45) is 0 Å². The Morgan fingerprint density at radius 3 is 2.36 bits per heavy atom. The third kappa shape index (κ3) is 3.33. The van der Waals surface area contributed by atoms with E-state index in [0.29, 0.717) is 17.3 Å². The van der Waals surface area contributed by atoms with Crippen LogP contribution in [0.15, 0.2) is 28.7 Å². The summed E-state index contributed by atoms with van der Waals surface area (Å²) in [6, 6.07) is 7.01. The van der Waals surface area contributed by atoms with Crippen LogP contribution in [0.4, 0.5) is 5.69 Å². The number of oxazole rings is 1. The van der Waals surface area contributed by atoms with Gasteiger partial charge >= 0.3 is 5.97 Å². The number of amides is 1. The smallest absolute Gasteiger partial charge is 0.312 e. The summed E-state index contributed by atoms with van der Waals surface area (Å²) in [4.78, 5) is 27.6. The number of ether oxygens (including phenoxy) is 1. The zero-order valence-corrected chi connectivity index (χ0v) is 13.0. The molecule has 0 aliphatic carbocycles. The van der Waals surface area contributed by atoms with Crippen molar-refractivity contribution < 1.29 is 18.7 Å². The van der Waals surface area contributed by atoms with Crippen molar-refractivity contribution in [2.45, 2.75) is 26.7 Å². The van der Waals surface area contributed by atoms with E-state index >= 15 is 0 Å². The van der Waals surface area contributed by atoms with E-state index in [0.717, 1.165) is 5.56 Å². The lowest BCUT2D eigenvalue weighted by molar-refractivity contribution is -0.141. The van der Waals surface area contributed by atoms with E-state index in [-0.39, 0.29) is 23.5 Å². The maximum absolute atomic E-state index is 12.1. The first kappa shape index (κ1) is 15.8. The van der Waals surface area contributed by atoms with Crippen molar-refractivity contribution in [3.05, 3.63) is 47.2 Å². The maximum atomic E-state index is 12.1. The minimum absolute atomic E-state index is 0.268. The van der Waals surface area contributed by atoms with Gasteiger partial charge in [0.05, 0.1) is 13.0 Å². The molecule has 1 aromatic carbocycles. The van der Waals surface area contributed by atoms with Crippen LogP contribution in [0, 0.1) is 13.8 Å². The summed E-state index contributed by atoms with van der Waals surface area (Å²) >= 11 is 0. The van der Waals surface area contributed by atoms with Gasteiger partial charge in [0.2, 0.25) is 0 Å². The van der Waals surface area contributed by atoms with E-state index < -0.39 is 0 Å². The monoisotopic (exact) mass is 302 g/mol. The van der Waals surface area contributed by atoms with Crippen LogP contribution in [0.3, 0.4) is 0 Å². The Labute approximate surface area is 128 Å². The fourth-order valence-corrected chi connectivity index (χ4v) is 2.10. The van der Waals surface area contributed by atoms with Crippen LogP contribution < -0.4 is 5.32 Å². The number of carbonyl (C=O) groups excluding carboxylic acids is 2. The molecule has 0 unspecified atom stereocenters. The van der Waals surface area contributed by atoms with Gasteiger partial charge in [-0.15, -0.1) is 0 Å². The molecule has 1 aromatic heterocycles. The molecule has 0 saturated carbocycles. The zero-order valence-electron chi connectivity index (χ0n) is 13.0. The zero-order chi connectivity index (χ0) is 16.3. The average Bonchev–Trinajstić information content (AvgIpc) is 2.85. The fourth-order valence-electron chi connectivity index (χ4n) is 2.10. The number of esters is 1. The summed E-state index contributed by atoms with van der Waals surface area (Å²) in [5.41, 5.74) is 1.70. The van der Waals surface area contributed by atoms with Gasteiger partial charge in [-0.05, 0) is 31.5 Å². The Balaban J connectivity index is 2.10. The minimum Gasteiger partial charge on any atom is -0.469 e. The number of anilines is 1. The lowest BCUT2D eigenvalue weighted by Gasteiger charge is -2.10. The van der Waals surface area contributed by atoms with Crippen molar-refractivity contribution in [2.75, 3.05) is 12.4 Å². The molecular weight excluding hydrogens is 284 g/mol. The van der Waals surface area contributed by atoms with Gasteiger partial charge in [-0.3, -0.25) is 9.59 Å². The topological polar surface area (TPSA) is 81.4 Å². The summed E-state index contributed by atoms with van der Waals surface area (Å²) in [6.45, 7) is 5.14. The molecule has 0 spiro atoms. The largest absolute Gasteiger partial charge is 0.469 e. The molecule has 0 aliphatic heterocycles. The number of methoxy groups -OCH3 is 1. The second-order valence-corrected chi connectivity index (χ2v) is 4.96. The molecule has 1 amide bonds. The van der Waals surface area contributed by atoms with Crippen LogP contribution in [-0.4, -0.2) is 24.0 Å². The van der Waals surface area contributed by atoms with Crippen molar-refractivity contribution in [1.82, 2.24) is 4.98 Å². The summed E-state index contributed by atoms with van der Waals surface area (Å²) < 4.78 is 9.95. The molecule has 6 nitrogen and oxygen atoms in total. The maximum Gasteiger partial charge on any atom is 0.312 e. The molecule has 0 bridgehead atoms. The Morgan fingerprint density at radius 1 is 1.23 bits per heavy atom. The first-order valence-electron chi connectivity index (χ1n) is 6.85. The number of aryl methyl sites for hydroxylation is 2. The van der Waals surface area contributed by atoms with Crippen molar-refractivity contribution in [3.63, 3.8) is 0 Å². The number of rotatable bonds is 4. The van der Waals surface area contributed by atoms with Gasteiger partial charge in [-0.2, -0.15) is 0 Å². The van der Waals surface area contributed by atoms with Gasteiger partial charge in [0, 0.05) is 12.6 Å². The molecule has 6 heteroatoms. The molecule has 1 heterocycles. The molecule has 0 radical (unpaired) electrons. The molecule has 1 atom stereocenters. The average molecular weight is 302 g/mol. The highest BCUT2D eigenvalue weighted by atomic mass is 16.5. The number of nitrogens with zero attached hydrogens (tertiary/aromatic N) is 1. The summed E-state index contributed by atoms with van der Waals surface area (Å²) in [5, 5.41) is 2.74. The first-order valence-corrected chi connectivity index (χ1v) is 6.85. The molecule has 0 aliphatic rings. The van der Waals surface area contributed by atoms with Crippen LogP contribution in [0.25, 0.3) is 0 Å². The predicted octanol–water partition coefficient (Wildman–Crippen LogP) is 2.82. The van der Waals surface area contributed by atoms with Gasteiger partial charge in [0.15, 0.2) is 11.6 Å². The van der Waals surface area contributed by atoms with Crippen LogP contribution in [0.5, 0.6) is 0 Å². The lowest BCUT2D eigenvalue weighted by Crippen LogP contribution is -2.14. The lowest BCUT2D eigenvalue weighted by atomic mass is 10.0. The van der Waals surface area contributed by atoms with Gasteiger partial charge in [-0.1, -0.05) is 12.1 Å². The molecule has 2 rings (SSSR count). The second kappa shape index (κ2) is 6.43. The van der Waals surface area contributed by atoms with E-state index in [1.165, 1.54) is 7.11 Å². The van der Waals surface area contributed by atoms with Crippen LogP contribution in [-0.2, 0) is 9.53 Å². The molecule has 0 saturated heterocycles. The van der Waals surface area contributed by atoms with E-state index in [4.69, 9.17) is 9.15 Å². The Hall–Kier alpha value is -2.63. The van der Waals surface area contributed by atoms with Gasteiger partial charge in [0.1, 0.15) is 5.76 Å². The van der Waals surface area contributed by atoms with Gasteiger partial charge < -0.3 is 14.5 Å². The second-order valence-electron chi connectivity index (χ2n) is 4.96. The molecular formula is C16H18N2O4. The van der Waals surface area contributed by atoms with Gasteiger partial charge in [0.25, 0.3) is 5.91 Å². The summed E-state index contributed by atoms with van der Waals surface area (Å²) in [6.07, 6.45) is 0. The predicted molar refractivity (Wildman–Crippen MR) is 80.8 cm³/mol. The minimum atomic E-state index is -0.352. The van der Waals surface area contributed by atoms with Crippen molar-refractivity contribution >= 4 is 17.6 Å². The third-order valence-corrected chi connectivity index (χ3v) is 3.34. The van der Waals surface area contributed by atoms with E-state index in [1.54, 1.807) is 45.0 Å². The van der Waals surface area contributed by atoms with Crippen LogP contribution in [0.2, 0.25) is 0 Å². The van der Waals surface area contributed by atoms with Gasteiger partial charge in [-0.25, -0.2) is 4.98 Å². The molecule has 116 valence electrons. The SMILES string of the molecule is COC(=O)[C@@H](C)c1ccc(NC(=O)c2nc(C)oc2C)cc1. The number of carbonyl (C=O) groups is 2. The Kier molecular flexibility index (Phi) is 4.60. The molecule has 2 aromatic rings. The van der Waals surface area contributed by atoms with E-state index in [9.17, 15) is 9.59 Å². The summed E-state index contributed by atoms with van der Waals surface area (Å²) in [7, 11) is 1.36. The number of hydrogen-bond donors (Lipinski definition) is 1. The highest BCUT2D eigenvalue weighted by molar-refractivity contribution is 6.03. The summed E-state index contributed by atoms with van der Waals surface area (Å²) in [5.74, 6) is -0.0559. The Morgan fingerprint density at radius 2 is 1.86 bits per heavy atom. The number of benzene rings is 1. The number of aromatic nitrogens is 1. The van der Waals surface area contributed by atoms with Crippen molar-refractivity contribution in [1.29, 1.82) is 0 Å². The molecule has 0 fully saturated rings. The highest BCUT2D eigenvalue weighted by Gasteiger charge is 2.17. The molecule has 22 heavy (non-hydrogen) atoms. The highest BCUT2D eigenvalue weighted by Crippen LogP contribution is 2.20. The quantitative estimate of drug-likeness (QED) is 0.878. The number of nitrogens with one attached hydrogen (secondary N) is 1. The van der Waals surface area contributed by atoms with Crippen molar-refractivity contribution in [3.8, 4) is 0 Å². The van der Waals surface area contributed by atoms with E-state index in [1.807, 2.05) is 0 Å². The molecule has 1 N–H and O–H groups in total. The standard InChI is InChI=1S/C16H18N2O4/c1-9(16(20)21-4)12-5-7-13(8-6-12)18-15(19)14-10(2)22-11(3)17-14/h5-9H,1-4H3,(H,18,19)/t9-/m0/s1. The van der Waals surface area contributed by atoms with E-state index in [2.05, 4.69) is 10.3 Å². The Bertz CT molecular complexity index is 689. The number of hydrogen-bond acceptors (Lipinski definition) is 5. The fraction of sp³-hybridized carbons (Fsp3) is 0.312. The third-order valence-electron chi connectivity index (χ3n) is 3.34.